The van der Waals surface area contributed by atoms with Crippen molar-refractivity contribution in [2.45, 2.75) is 19.4 Å². The van der Waals surface area contributed by atoms with Crippen molar-refractivity contribution in [3.8, 4) is 0 Å². The molecule has 0 saturated carbocycles. The van der Waals surface area contributed by atoms with Crippen molar-refractivity contribution in [3.63, 3.8) is 0 Å². The Hall–Kier alpha value is -3.22. The second kappa shape index (κ2) is 8.24. The fourth-order valence-electron chi connectivity index (χ4n) is 2.85. The first-order chi connectivity index (χ1) is 12.6. The molecule has 0 aliphatic carbocycles. The lowest BCUT2D eigenvalue weighted by Gasteiger charge is -2.16. The molecule has 0 bridgehead atoms. The highest BCUT2D eigenvalue weighted by atomic mass is 16.6. The number of amides is 1. The average Bonchev–Trinajstić information content (AvgIpc) is 3.20. The lowest BCUT2D eigenvalue weighted by atomic mass is 10.2. The molecule has 0 atom stereocenters. The lowest BCUT2D eigenvalue weighted by molar-refractivity contribution is -0.384. The SMILES string of the molecule is O=C(/C=C/c1cccc([N+](=O)[O-])c1)NCc1ccnc(N2CCCC2)c1. The van der Waals surface area contributed by atoms with Crippen LogP contribution in [0.5, 0.6) is 0 Å². The number of nitrogens with zero attached hydrogens (tertiary/aromatic N) is 3. The molecule has 0 radical (unpaired) electrons. The van der Waals surface area contributed by atoms with E-state index in [0.717, 1.165) is 24.5 Å². The Morgan fingerprint density at radius 3 is 2.85 bits per heavy atom. The number of aromatic nitrogens is 1. The molecular weight excluding hydrogens is 332 g/mol. The molecule has 1 saturated heterocycles. The Morgan fingerprint density at radius 1 is 1.27 bits per heavy atom. The Labute approximate surface area is 151 Å². The smallest absolute Gasteiger partial charge is 0.270 e. The van der Waals surface area contributed by atoms with Crippen LogP contribution in [0.3, 0.4) is 0 Å². The van der Waals surface area contributed by atoms with E-state index in [2.05, 4.69) is 15.2 Å². The predicted octanol–water partition coefficient (Wildman–Crippen LogP) is 2.92. The van der Waals surface area contributed by atoms with Crippen LogP contribution in [0.1, 0.15) is 24.0 Å². The molecule has 1 fully saturated rings. The van der Waals surface area contributed by atoms with Gasteiger partial charge in [0.05, 0.1) is 4.92 Å². The van der Waals surface area contributed by atoms with Gasteiger partial charge < -0.3 is 10.2 Å². The quantitative estimate of drug-likeness (QED) is 0.490. The van der Waals surface area contributed by atoms with Gasteiger partial charge in [-0.25, -0.2) is 4.98 Å². The average molecular weight is 352 g/mol. The van der Waals surface area contributed by atoms with Crippen molar-refractivity contribution in [2.75, 3.05) is 18.0 Å². The normalized spacial score (nSPS) is 13.9. The number of hydrogen-bond acceptors (Lipinski definition) is 5. The van der Waals surface area contributed by atoms with Gasteiger partial charge in [-0.3, -0.25) is 14.9 Å². The summed E-state index contributed by atoms with van der Waals surface area (Å²) >= 11 is 0. The van der Waals surface area contributed by atoms with Gasteiger partial charge in [0.2, 0.25) is 5.91 Å². The van der Waals surface area contributed by atoms with E-state index in [0.29, 0.717) is 12.1 Å². The van der Waals surface area contributed by atoms with Gasteiger partial charge >= 0.3 is 0 Å². The summed E-state index contributed by atoms with van der Waals surface area (Å²) in [4.78, 5) is 28.9. The van der Waals surface area contributed by atoms with E-state index >= 15 is 0 Å². The van der Waals surface area contributed by atoms with Gasteiger partial charge in [0.25, 0.3) is 5.69 Å². The van der Waals surface area contributed by atoms with Crippen molar-refractivity contribution < 1.29 is 9.72 Å². The standard InChI is InChI=1S/C19H20N4O3/c24-19(7-6-15-4-3-5-17(12-15)23(25)26)21-14-16-8-9-20-18(13-16)22-10-1-2-11-22/h3-9,12-13H,1-2,10-11,14H2,(H,21,24)/b7-6+. The van der Waals surface area contributed by atoms with Crippen LogP contribution in [-0.2, 0) is 11.3 Å². The topological polar surface area (TPSA) is 88.4 Å². The zero-order valence-electron chi connectivity index (χ0n) is 14.3. The van der Waals surface area contributed by atoms with Crippen LogP contribution in [0.4, 0.5) is 11.5 Å². The first-order valence-electron chi connectivity index (χ1n) is 8.52. The van der Waals surface area contributed by atoms with Gasteiger partial charge in [0, 0.05) is 44.0 Å². The number of hydrogen-bond donors (Lipinski definition) is 1. The van der Waals surface area contributed by atoms with Crippen LogP contribution >= 0.6 is 0 Å². The Bertz CT molecular complexity index is 829. The second-order valence-electron chi connectivity index (χ2n) is 6.12. The van der Waals surface area contributed by atoms with Gasteiger partial charge in [-0.2, -0.15) is 0 Å². The molecule has 134 valence electrons. The highest BCUT2D eigenvalue weighted by Gasteiger charge is 2.13. The highest BCUT2D eigenvalue weighted by Crippen LogP contribution is 2.18. The van der Waals surface area contributed by atoms with Crippen LogP contribution in [-0.4, -0.2) is 28.9 Å². The maximum absolute atomic E-state index is 12.0. The van der Waals surface area contributed by atoms with Gasteiger partial charge in [-0.05, 0) is 42.2 Å². The number of benzene rings is 1. The van der Waals surface area contributed by atoms with Crippen molar-refractivity contribution in [3.05, 3.63) is 69.9 Å². The minimum absolute atomic E-state index is 0.00112. The molecule has 0 unspecified atom stereocenters. The molecule has 1 aliphatic heterocycles. The number of non-ortho nitro benzene ring substituents is 1. The molecule has 2 heterocycles. The van der Waals surface area contributed by atoms with Crippen LogP contribution in [0.25, 0.3) is 6.08 Å². The molecule has 1 amide bonds. The maximum atomic E-state index is 12.0. The number of carbonyl (C=O) groups excluding carboxylic acids is 1. The molecular formula is C19H20N4O3. The van der Waals surface area contributed by atoms with Gasteiger partial charge in [0.15, 0.2) is 0 Å². The van der Waals surface area contributed by atoms with Crippen LogP contribution in [0, 0.1) is 10.1 Å². The van der Waals surface area contributed by atoms with Gasteiger partial charge in [-0.15, -0.1) is 0 Å². The van der Waals surface area contributed by atoms with Crippen molar-refractivity contribution in [2.24, 2.45) is 0 Å². The molecule has 1 aromatic carbocycles. The lowest BCUT2D eigenvalue weighted by Crippen LogP contribution is -2.22. The second-order valence-corrected chi connectivity index (χ2v) is 6.12. The summed E-state index contributed by atoms with van der Waals surface area (Å²) in [5, 5.41) is 13.6. The number of anilines is 1. The van der Waals surface area contributed by atoms with Crippen molar-refractivity contribution in [1.82, 2.24) is 10.3 Å². The third-order valence-corrected chi connectivity index (χ3v) is 4.21. The molecule has 7 nitrogen and oxygen atoms in total. The predicted molar refractivity (Wildman–Crippen MR) is 99.7 cm³/mol. The number of nitro benzene ring substituents is 1. The summed E-state index contributed by atoms with van der Waals surface area (Å²) in [5.74, 6) is 0.692. The minimum Gasteiger partial charge on any atom is -0.357 e. The van der Waals surface area contributed by atoms with E-state index in [1.807, 2.05) is 12.1 Å². The summed E-state index contributed by atoms with van der Waals surface area (Å²) in [5.41, 5.74) is 1.59. The van der Waals surface area contributed by atoms with E-state index in [9.17, 15) is 14.9 Å². The summed E-state index contributed by atoms with van der Waals surface area (Å²) in [6.07, 6.45) is 7.07. The third-order valence-electron chi connectivity index (χ3n) is 4.21. The Kier molecular flexibility index (Phi) is 5.58. The molecule has 1 aromatic heterocycles. The van der Waals surface area contributed by atoms with E-state index in [1.165, 1.54) is 31.1 Å². The fraction of sp³-hybridized carbons (Fsp3) is 0.263. The monoisotopic (exact) mass is 352 g/mol. The highest BCUT2D eigenvalue weighted by molar-refractivity contribution is 5.91. The Balaban J connectivity index is 1.56. The number of nitrogens with one attached hydrogen (secondary N) is 1. The number of rotatable bonds is 6. The molecule has 0 spiro atoms. The summed E-state index contributed by atoms with van der Waals surface area (Å²) < 4.78 is 0. The molecule has 7 heteroatoms. The van der Waals surface area contributed by atoms with E-state index in [1.54, 1.807) is 24.4 Å². The summed E-state index contributed by atoms with van der Waals surface area (Å²) in [7, 11) is 0. The summed E-state index contributed by atoms with van der Waals surface area (Å²) in [6, 6.07) is 10.0. The fourth-order valence-corrected chi connectivity index (χ4v) is 2.85. The van der Waals surface area contributed by atoms with Crippen LogP contribution in [0.15, 0.2) is 48.7 Å². The van der Waals surface area contributed by atoms with E-state index in [4.69, 9.17) is 0 Å². The number of carbonyl (C=O) groups is 1. The number of pyridine rings is 1. The zero-order chi connectivity index (χ0) is 18.4. The van der Waals surface area contributed by atoms with Crippen LogP contribution < -0.4 is 10.2 Å². The minimum atomic E-state index is -0.460. The largest absolute Gasteiger partial charge is 0.357 e. The van der Waals surface area contributed by atoms with Crippen LogP contribution in [0.2, 0.25) is 0 Å². The first-order valence-corrected chi connectivity index (χ1v) is 8.52. The third kappa shape index (κ3) is 4.66. The zero-order valence-corrected chi connectivity index (χ0v) is 14.3. The molecule has 1 aliphatic rings. The maximum Gasteiger partial charge on any atom is 0.270 e. The number of nitro groups is 1. The first kappa shape index (κ1) is 17.6. The van der Waals surface area contributed by atoms with Gasteiger partial charge in [0.1, 0.15) is 5.82 Å². The molecule has 2 aromatic rings. The van der Waals surface area contributed by atoms with Crippen molar-refractivity contribution >= 4 is 23.5 Å². The molecule has 26 heavy (non-hydrogen) atoms. The molecule has 3 rings (SSSR count). The van der Waals surface area contributed by atoms with E-state index < -0.39 is 4.92 Å². The Morgan fingerprint density at radius 2 is 2.08 bits per heavy atom. The van der Waals surface area contributed by atoms with E-state index in [-0.39, 0.29) is 11.6 Å². The summed E-state index contributed by atoms with van der Waals surface area (Å²) in [6.45, 7) is 2.45. The molecule has 1 N–H and O–H groups in total. The van der Waals surface area contributed by atoms with Gasteiger partial charge in [-0.1, -0.05) is 12.1 Å². The van der Waals surface area contributed by atoms with Crippen molar-refractivity contribution in [1.29, 1.82) is 0 Å².